The minimum Gasteiger partial charge on any atom is -0.386 e. The molecule has 0 amide bonds. The highest BCUT2D eigenvalue weighted by molar-refractivity contribution is 7.94. The van der Waals surface area contributed by atoms with Crippen LogP contribution in [0.5, 0.6) is 0 Å². The first-order valence-corrected chi connectivity index (χ1v) is 19.6. The van der Waals surface area contributed by atoms with E-state index < -0.39 is 93.1 Å². The SMILES string of the molecule is C.[C-]#[N+]c1ccc(/C(F)=C/c2ccc(F)c([C@@]3(C)N=C(N)[C@]4(CF)CC[C@@H]3S4(=O)=O)c2)nc1.[C-]#[N+]c1ccc(C(F)S(=O)(=O)c2cc(C(F)(F)F)cc(C(F)(F)F)c2)nc1. The number of hydrogen-bond acceptors (Lipinski definition) is 8. The topological polar surface area (TPSA) is 141 Å². The van der Waals surface area contributed by atoms with Crippen LogP contribution < -0.4 is 5.73 Å². The minimum absolute atomic E-state index is 0. The van der Waals surface area contributed by atoms with Gasteiger partial charge < -0.3 is 5.73 Å². The molecule has 10 nitrogen and oxygen atoms in total. The molecule has 2 aliphatic heterocycles. The van der Waals surface area contributed by atoms with Crippen molar-refractivity contribution in [3.05, 3.63) is 135 Å². The predicted molar refractivity (Wildman–Crippen MR) is 200 cm³/mol. The van der Waals surface area contributed by atoms with Crippen molar-refractivity contribution in [2.24, 2.45) is 10.7 Å². The molecule has 1 saturated heterocycles. The third-order valence-corrected chi connectivity index (χ3v) is 14.4. The van der Waals surface area contributed by atoms with Gasteiger partial charge in [-0.3, -0.25) is 15.0 Å². The second kappa shape index (κ2) is 16.6. The molecule has 4 heterocycles. The minimum atomic E-state index is -5.28. The number of fused-ring (bicyclic) bond motifs is 2. The summed E-state index contributed by atoms with van der Waals surface area (Å²) in [6.45, 7) is 13.9. The Morgan fingerprint density at radius 1 is 0.950 bits per heavy atom. The summed E-state index contributed by atoms with van der Waals surface area (Å²) in [7, 11) is -9.35. The molecule has 2 aliphatic rings. The van der Waals surface area contributed by atoms with E-state index in [2.05, 4.69) is 24.7 Å². The molecule has 1 fully saturated rings. The Morgan fingerprint density at radius 2 is 1.52 bits per heavy atom. The van der Waals surface area contributed by atoms with Gasteiger partial charge in [-0.05, 0) is 73.9 Å². The largest absolute Gasteiger partial charge is 0.416 e. The molecule has 0 saturated carbocycles. The summed E-state index contributed by atoms with van der Waals surface area (Å²) in [5.74, 6) is -1.82. The fourth-order valence-electron chi connectivity index (χ4n) is 6.46. The maximum atomic E-state index is 14.9. The average Bonchev–Trinajstić information content (AvgIpc) is 3.40. The van der Waals surface area contributed by atoms with Gasteiger partial charge in [0.1, 0.15) is 29.7 Å². The van der Waals surface area contributed by atoms with Gasteiger partial charge in [-0.15, -0.1) is 0 Å². The highest BCUT2D eigenvalue weighted by atomic mass is 32.2. The van der Waals surface area contributed by atoms with Crippen molar-refractivity contribution in [3.63, 3.8) is 0 Å². The number of hydrogen-bond donors (Lipinski definition) is 1. The summed E-state index contributed by atoms with van der Waals surface area (Å²) >= 11 is 0. The number of benzene rings is 2. The number of aliphatic imine (C=N–C) groups is 1. The molecule has 22 heteroatoms. The van der Waals surface area contributed by atoms with E-state index in [1.807, 2.05) is 0 Å². The van der Waals surface area contributed by atoms with Gasteiger partial charge in [-0.2, -0.15) is 26.3 Å². The van der Waals surface area contributed by atoms with Crippen molar-refractivity contribution in [1.82, 2.24) is 9.97 Å². The summed E-state index contributed by atoms with van der Waals surface area (Å²) < 4.78 is 184. The standard InChI is InChI=1S/C22H19F3N4O2S.C15H7F7N2O2S.CH4/c1-21(19-7-8-22(12-23,20(26)29-21)32(19,30)31)15-9-13(3-5-16(15)24)10-17(25)18-6-4-14(27-2)11-28-18;1-23-10-2-3-12(24-7-10)13(16)27(25,26)11-5-8(14(17,18)19)4-9(6-11)15(20,21)22;/h3-6,9-11,19H,7-8,12H2,1H3,(H2,26,29);2-7,13H;1H4/b17-10-;;/t19-,21+,22+;;/m0../s1. The average molecular weight is 889 g/mol. The van der Waals surface area contributed by atoms with Gasteiger partial charge in [0.25, 0.3) is 0 Å². The van der Waals surface area contributed by atoms with E-state index >= 15 is 0 Å². The van der Waals surface area contributed by atoms with Gasteiger partial charge in [-0.25, -0.2) is 44.1 Å². The number of sulfone groups is 2. The molecule has 0 aliphatic carbocycles. The lowest BCUT2D eigenvalue weighted by atomic mass is 9.86. The van der Waals surface area contributed by atoms with Gasteiger partial charge in [-0.1, -0.05) is 25.6 Å². The third-order valence-electron chi connectivity index (χ3n) is 9.64. The van der Waals surface area contributed by atoms with Crippen LogP contribution in [0.15, 0.2) is 82.9 Å². The Labute approximate surface area is 337 Å². The van der Waals surface area contributed by atoms with Crippen LogP contribution in [0.2, 0.25) is 0 Å². The summed E-state index contributed by atoms with van der Waals surface area (Å²) in [5, 5.41) is -1.15. The van der Waals surface area contributed by atoms with Crippen LogP contribution in [-0.4, -0.2) is 49.3 Å². The normalized spacial score (nSPS) is 21.6. The zero-order valence-electron chi connectivity index (χ0n) is 29.8. The second-order valence-electron chi connectivity index (χ2n) is 13.2. The fraction of sp³-hybridized carbons (Fsp3) is 0.289. The zero-order chi connectivity index (χ0) is 43.9. The first kappa shape index (κ1) is 46.8. The smallest absolute Gasteiger partial charge is 0.386 e. The first-order chi connectivity index (χ1) is 27.3. The van der Waals surface area contributed by atoms with Gasteiger partial charge in [0.2, 0.25) is 26.7 Å². The predicted octanol–water partition coefficient (Wildman–Crippen LogP) is 9.86. The molecule has 318 valence electrons. The summed E-state index contributed by atoms with van der Waals surface area (Å²) in [5.41, 5.74) is -2.89. The quantitative estimate of drug-likeness (QED) is 0.144. The van der Waals surface area contributed by atoms with Crippen LogP contribution in [-0.2, 0) is 37.6 Å². The van der Waals surface area contributed by atoms with Crippen LogP contribution in [0.1, 0.15) is 66.3 Å². The molecule has 4 atom stereocenters. The van der Waals surface area contributed by atoms with Gasteiger partial charge >= 0.3 is 12.4 Å². The molecule has 2 aromatic carbocycles. The van der Waals surface area contributed by atoms with Gasteiger partial charge in [0, 0.05) is 18.0 Å². The van der Waals surface area contributed by atoms with Crippen LogP contribution >= 0.6 is 0 Å². The highest BCUT2D eigenvalue weighted by Gasteiger charge is 2.65. The maximum Gasteiger partial charge on any atom is 0.416 e. The van der Waals surface area contributed by atoms with E-state index in [1.165, 1.54) is 37.4 Å². The van der Waals surface area contributed by atoms with Crippen molar-refractivity contribution in [3.8, 4) is 0 Å². The monoisotopic (exact) mass is 888 g/mol. The molecule has 60 heavy (non-hydrogen) atoms. The zero-order valence-corrected chi connectivity index (χ0v) is 31.5. The molecule has 4 aromatic rings. The number of pyridine rings is 2. The molecular weight excluding hydrogens is 859 g/mol. The van der Waals surface area contributed by atoms with Crippen LogP contribution in [0, 0.1) is 19.0 Å². The van der Waals surface area contributed by atoms with Crippen LogP contribution in [0.25, 0.3) is 21.6 Å². The number of halogens is 10. The molecule has 2 N–H and O–H groups in total. The van der Waals surface area contributed by atoms with Crippen molar-refractivity contribution >= 4 is 48.8 Å². The molecule has 0 spiro atoms. The Hall–Kier alpha value is -5.87. The summed E-state index contributed by atoms with van der Waals surface area (Å²) in [6.07, 6.45) is -7.34. The molecular formula is C38H30F10N6O4S2. The Balaban J connectivity index is 0.000000264. The Kier molecular flexibility index (Phi) is 13.0. The lowest BCUT2D eigenvalue weighted by Crippen LogP contribution is -2.58. The van der Waals surface area contributed by atoms with E-state index in [1.54, 1.807) is 0 Å². The Bertz CT molecular complexity index is 2630. The summed E-state index contributed by atoms with van der Waals surface area (Å²) in [4.78, 5) is 16.2. The van der Waals surface area contributed by atoms with E-state index in [-0.39, 0.29) is 72.5 Å². The molecule has 1 unspecified atom stereocenters. The molecule has 2 aromatic heterocycles. The fourth-order valence-corrected chi connectivity index (χ4v) is 10.4. The van der Waals surface area contributed by atoms with Crippen molar-refractivity contribution in [2.45, 2.75) is 65.5 Å². The Morgan fingerprint density at radius 3 is 2.00 bits per heavy atom. The van der Waals surface area contributed by atoms with E-state index in [0.29, 0.717) is 0 Å². The number of amidine groups is 1. The number of alkyl halides is 8. The van der Waals surface area contributed by atoms with Crippen molar-refractivity contribution in [2.75, 3.05) is 6.67 Å². The third kappa shape index (κ3) is 8.57. The van der Waals surface area contributed by atoms with Crippen LogP contribution in [0.3, 0.4) is 0 Å². The van der Waals surface area contributed by atoms with Gasteiger partial charge in [0.15, 0.2) is 14.6 Å². The lowest BCUT2D eigenvalue weighted by Gasteiger charge is -2.39. The molecule has 0 radical (unpaired) electrons. The highest BCUT2D eigenvalue weighted by Crippen LogP contribution is 2.52. The van der Waals surface area contributed by atoms with E-state index in [4.69, 9.17) is 18.9 Å². The van der Waals surface area contributed by atoms with Crippen LogP contribution in [0.4, 0.5) is 55.3 Å². The molecule has 2 bridgehead atoms. The van der Waals surface area contributed by atoms with Crippen molar-refractivity contribution in [1.29, 1.82) is 0 Å². The lowest BCUT2D eigenvalue weighted by molar-refractivity contribution is -0.143. The maximum absolute atomic E-state index is 14.9. The second-order valence-corrected chi connectivity index (χ2v) is 17.7. The number of rotatable bonds is 7. The number of nitrogens with zero attached hydrogens (tertiary/aromatic N) is 5. The van der Waals surface area contributed by atoms with E-state index in [0.717, 1.165) is 30.5 Å². The summed E-state index contributed by atoms with van der Waals surface area (Å²) in [6, 6.07) is 7.89. The van der Waals surface area contributed by atoms with E-state index in [9.17, 15) is 60.7 Å². The first-order valence-electron chi connectivity index (χ1n) is 16.5. The number of aromatic nitrogens is 2. The van der Waals surface area contributed by atoms with Gasteiger partial charge in [0.05, 0.1) is 45.8 Å². The number of nitrogens with two attached hydrogens (primary N) is 1. The molecule has 6 rings (SSSR count). The van der Waals surface area contributed by atoms with Crippen molar-refractivity contribution < 1.29 is 60.7 Å².